The summed E-state index contributed by atoms with van der Waals surface area (Å²) in [6, 6.07) is 19.3. The van der Waals surface area contributed by atoms with E-state index < -0.39 is 11.9 Å². The average Bonchev–Trinajstić information content (AvgIpc) is 2.53. The molecule has 0 aliphatic carbocycles. The van der Waals surface area contributed by atoms with Crippen molar-refractivity contribution in [1.29, 1.82) is 0 Å². The predicted octanol–water partition coefficient (Wildman–Crippen LogP) is 3.65. The number of fused-ring (bicyclic) bond motifs is 1. The number of aliphatic carboxylic acids is 1. The van der Waals surface area contributed by atoms with E-state index in [1.165, 1.54) is 0 Å². The highest BCUT2D eigenvalue weighted by Gasteiger charge is 2.23. The summed E-state index contributed by atoms with van der Waals surface area (Å²) >= 11 is 0. The first-order valence-corrected chi connectivity index (χ1v) is 6.86. The zero-order valence-corrected chi connectivity index (χ0v) is 11.4. The maximum absolute atomic E-state index is 11.7. The minimum absolute atomic E-state index is 0.442. The van der Waals surface area contributed by atoms with E-state index in [1.54, 1.807) is 6.20 Å². The van der Waals surface area contributed by atoms with Crippen LogP contribution in [0.5, 0.6) is 0 Å². The number of benzene rings is 2. The Morgan fingerprint density at radius 1 is 1.00 bits per heavy atom. The molecule has 1 aromatic heterocycles. The van der Waals surface area contributed by atoms with Crippen molar-refractivity contribution in [1.82, 2.24) is 4.98 Å². The van der Waals surface area contributed by atoms with E-state index in [4.69, 9.17) is 0 Å². The molecule has 0 bridgehead atoms. The van der Waals surface area contributed by atoms with Gasteiger partial charge in [-0.15, -0.1) is 0 Å². The Morgan fingerprint density at radius 2 is 1.71 bits per heavy atom. The number of rotatable bonds is 4. The molecule has 3 rings (SSSR count). The van der Waals surface area contributed by atoms with Gasteiger partial charge in [0.25, 0.3) is 0 Å². The molecule has 0 radical (unpaired) electrons. The fourth-order valence-electron chi connectivity index (χ4n) is 2.57. The molecule has 21 heavy (non-hydrogen) atoms. The molecule has 0 saturated heterocycles. The normalized spacial score (nSPS) is 12.2. The van der Waals surface area contributed by atoms with Gasteiger partial charge >= 0.3 is 5.97 Å². The van der Waals surface area contributed by atoms with Crippen LogP contribution in [0.1, 0.15) is 17.2 Å². The standard InChI is InChI=1S/C18H15NO2/c20-18(21)16(12-13-6-2-1-3-7-13)17-15-9-5-4-8-14(15)10-11-19-17/h1-11,16H,12H2,(H,20,21). The molecule has 0 fully saturated rings. The van der Waals surface area contributed by atoms with Crippen LogP contribution in [0, 0.1) is 0 Å². The number of hydrogen-bond donors (Lipinski definition) is 1. The fraction of sp³-hybridized carbons (Fsp3) is 0.111. The molecule has 1 atom stereocenters. The first-order chi connectivity index (χ1) is 10.3. The molecule has 104 valence electrons. The lowest BCUT2D eigenvalue weighted by Crippen LogP contribution is -2.16. The third-order valence-corrected chi connectivity index (χ3v) is 3.62. The molecule has 0 aliphatic heterocycles. The Labute approximate surface area is 122 Å². The van der Waals surface area contributed by atoms with Gasteiger partial charge in [-0.3, -0.25) is 9.78 Å². The summed E-state index contributed by atoms with van der Waals surface area (Å²) in [5.41, 5.74) is 1.63. The van der Waals surface area contributed by atoms with Crippen molar-refractivity contribution in [3.63, 3.8) is 0 Å². The second-order valence-corrected chi connectivity index (χ2v) is 5.00. The van der Waals surface area contributed by atoms with Crippen molar-refractivity contribution in [2.75, 3.05) is 0 Å². The molecular formula is C18H15NO2. The molecule has 1 unspecified atom stereocenters. The topological polar surface area (TPSA) is 50.2 Å². The van der Waals surface area contributed by atoms with Crippen LogP contribution in [0.25, 0.3) is 10.8 Å². The van der Waals surface area contributed by atoms with Crippen LogP contribution >= 0.6 is 0 Å². The van der Waals surface area contributed by atoms with Gasteiger partial charge in [-0.05, 0) is 23.4 Å². The molecule has 0 aliphatic rings. The maximum atomic E-state index is 11.7. The van der Waals surface area contributed by atoms with Crippen LogP contribution in [0.2, 0.25) is 0 Å². The quantitative estimate of drug-likeness (QED) is 0.792. The number of aromatic nitrogens is 1. The van der Waals surface area contributed by atoms with E-state index in [0.29, 0.717) is 12.1 Å². The number of carboxylic acid groups (broad SMARTS) is 1. The predicted molar refractivity (Wildman–Crippen MR) is 82.3 cm³/mol. The largest absolute Gasteiger partial charge is 0.481 e. The van der Waals surface area contributed by atoms with Crippen LogP contribution < -0.4 is 0 Å². The van der Waals surface area contributed by atoms with E-state index in [1.807, 2.05) is 60.7 Å². The summed E-state index contributed by atoms with van der Waals surface area (Å²) in [6.45, 7) is 0. The Balaban J connectivity index is 2.06. The summed E-state index contributed by atoms with van der Waals surface area (Å²) in [6.07, 6.45) is 2.12. The van der Waals surface area contributed by atoms with Gasteiger partial charge in [0, 0.05) is 11.6 Å². The highest BCUT2D eigenvalue weighted by atomic mass is 16.4. The number of carboxylic acids is 1. The highest BCUT2D eigenvalue weighted by Crippen LogP contribution is 2.26. The van der Waals surface area contributed by atoms with Crippen LogP contribution in [-0.4, -0.2) is 16.1 Å². The van der Waals surface area contributed by atoms with Crippen molar-refractivity contribution in [2.45, 2.75) is 12.3 Å². The second kappa shape index (κ2) is 5.75. The summed E-state index contributed by atoms with van der Waals surface area (Å²) in [4.78, 5) is 16.1. The van der Waals surface area contributed by atoms with Gasteiger partial charge in [-0.25, -0.2) is 0 Å². The third-order valence-electron chi connectivity index (χ3n) is 3.62. The number of pyridine rings is 1. The van der Waals surface area contributed by atoms with E-state index in [9.17, 15) is 9.90 Å². The van der Waals surface area contributed by atoms with Crippen molar-refractivity contribution in [3.8, 4) is 0 Å². The van der Waals surface area contributed by atoms with Crippen molar-refractivity contribution >= 4 is 16.7 Å². The zero-order valence-electron chi connectivity index (χ0n) is 11.4. The number of nitrogens with zero attached hydrogens (tertiary/aromatic N) is 1. The van der Waals surface area contributed by atoms with E-state index >= 15 is 0 Å². The number of carbonyl (C=O) groups is 1. The Kier molecular flexibility index (Phi) is 3.65. The van der Waals surface area contributed by atoms with Gasteiger partial charge in [0.15, 0.2) is 0 Å². The smallest absolute Gasteiger partial charge is 0.312 e. The summed E-state index contributed by atoms with van der Waals surface area (Å²) in [5, 5.41) is 11.5. The first kappa shape index (κ1) is 13.3. The Hall–Kier alpha value is -2.68. The molecule has 3 heteroatoms. The Bertz CT molecular complexity index is 763. The first-order valence-electron chi connectivity index (χ1n) is 6.86. The van der Waals surface area contributed by atoms with Crippen molar-refractivity contribution in [3.05, 3.63) is 78.1 Å². The molecule has 0 spiro atoms. The van der Waals surface area contributed by atoms with Gasteiger partial charge in [0.05, 0.1) is 5.69 Å². The minimum Gasteiger partial charge on any atom is -0.481 e. The maximum Gasteiger partial charge on any atom is 0.312 e. The van der Waals surface area contributed by atoms with Gasteiger partial charge in [-0.2, -0.15) is 0 Å². The molecule has 0 saturated carbocycles. The van der Waals surface area contributed by atoms with Gasteiger partial charge < -0.3 is 5.11 Å². The molecule has 1 heterocycles. The van der Waals surface area contributed by atoms with Crippen LogP contribution in [0.4, 0.5) is 0 Å². The van der Waals surface area contributed by atoms with E-state index in [2.05, 4.69) is 4.98 Å². The molecule has 0 amide bonds. The zero-order chi connectivity index (χ0) is 14.7. The van der Waals surface area contributed by atoms with Crippen molar-refractivity contribution in [2.24, 2.45) is 0 Å². The SMILES string of the molecule is O=C(O)C(Cc1ccccc1)c1nccc2ccccc12. The van der Waals surface area contributed by atoms with Crippen LogP contribution in [-0.2, 0) is 11.2 Å². The third kappa shape index (κ3) is 2.77. The summed E-state index contributed by atoms with van der Waals surface area (Å²) in [5.74, 6) is -1.48. The lowest BCUT2D eigenvalue weighted by molar-refractivity contribution is -0.138. The lowest BCUT2D eigenvalue weighted by Gasteiger charge is -2.14. The monoisotopic (exact) mass is 277 g/mol. The molecular weight excluding hydrogens is 262 g/mol. The molecule has 3 aromatic rings. The lowest BCUT2D eigenvalue weighted by atomic mass is 9.93. The van der Waals surface area contributed by atoms with Crippen LogP contribution in [0.3, 0.4) is 0 Å². The Morgan fingerprint density at radius 3 is 2.48 bits per heavy atom. The summed E-state index contributed by atoms with van der Waals surface area (Å²) < 4.78 is 0. The van der Waals surface area contributed by atoms with Gasteiger partial charge in [0.1, 0.15) is 5.92 Å². The van der Waals surface area contributed by atoms with Gasteiger partial charge in [0.2, 0.25) is 0 Å². The molecule has 1 N–H and O–H groups in total. The van der Waals surface area contributed by atoms with E-state index in [0.717, 1.165) is 16.3 Å². The van der Waals surface area contributed by atoms with Crippen molar-refractivity contribution < 1.29 is 9.90 Å². The van der Waals surface area contributed by atoms with Gasteiger partial charge in [-0.1, -0.05) is 54.6 Å². The van der Waals surface area contributed by atoms with E-state index in [-0.39, 0.29) is 0 Å². The fourth-order valence-corrected chi connectivity index (χ4v) is 2.57. The minimum atomic E-state index is -0.845. The molecule has 2 aromatic carbocycles. The van der Waals surface area contributed by atoms with Crippen LogP contribution in [0.15, 0.2) is 66.9 Å². The summed E-state index contributed by atoms with van der Waals surface area (Å²) in [7, 11) is 0. The second-order valence-electron chi connectivity index (χ2n) is 5.00. The molecule has 3 nitrogen and oxygen atoms in total. The average molecular weight is 277 g/mol. The highest BCUT2D eigenvalue weighted by molar-refractivity contribution is 5.89. The number of hydrogen-bond acceptors (Lipinski definition) is 2.